The molecule has 0 unspecified atom stereocenters. The zero-order valence-corrected chi connectivity index (χ0v) is 32.8. The van der Waals surface area contributed by atoms with Gasteiger partial charge in [0, 0.05) is 54.6 Å². The first-order chi connectivity index (χ1) is 26.1. The molecule has 0 heterocycles. The van der Waals surface area contributed by atoms with Crippen LogP contribution in [0.1, 0.15) is 101 Å². The van der Waals surface area contributed by atoms with Gasteiger partial charge >= 0.3 is 0 Å². The number of rotatable bonds is 21. The summed E-state index contributed by atoms with van der Waals surface area (Å²) in [6.45, 7) is 13.6. The molecule has 0 saturated carbocycles. The molecule has 0 fully saturated rings. The largest absolute Gasteiger partial charge is 0.372 e. The van der Waals surface area contributed by atoms with Crippen LogP contribution in [0.25, 0.3) is 24.3 Å². The van der Waals surface area contributed by atoms with Crippen molar-refractivity contribution < 1.29 is 0 Å². The number of benzene rings is 5. The Kier molecular flexibility index (Phi) is 15.9. The van der Waals surface area contributed by atoms with Crippen LogP contribution in [0, 0.1) is 0 Å². The molecule has 0 saturated heterocycles. The third kappa shape index (κ3) is 12.0. The second-order valence-corrected chi connectivity index (χ2v) is 14.1. The van der Waals surface area contributed by atoms with E-state index in [0.29, 0.717) is 0 Å². The van der Waals surface area contributed by atoms with Crippen LogP contribution in [0.2, 0.25) is 0 Å². The van der Waals surface area contributed by atoms with Crippen LogP contribution in [0.4, 0.5) is 28.4 Å². The van der Waals surface area contributed by atoms with Crippen molar-refractivity contribution in [2.24, 2.45) is 0 Å². The highest BCUT2D eigenvalue weighted by Crippen LogP contribution is 2.35. The molecule has 0 aliphatic rings. The average molecular weight is 704 g/mol. The van der Waals surface area contributed by atoms with Crippen LogP contribution in [-0.4, -0.2) is 26.2 Å². The monoisotopic (exact) mass is 703 g/mol. The predicted molar refractivity (Wildman–Crippen MR) is 236 cm³/mol. The summed E-state index contributed by atoms with van der Waals surface area (Å²) in [5.41, 5.74) is 10.9. The summed E-state index contributed by atoms with van der Waals surface area (Å²) in [6, 6.07) is 46.4. The summed E-state index contributed by atoms with van der Waals surface area (Å²) in [7, 11) is 0. The van der Waals surface area contributed by atoms with Gasteiger partial charge in [-0.25, -0.2) is 0 Å². The van der Waals surface area contributed by atoms with E-state index in [1.165, 1.54) is 85.0 Å². The van der Waals surface area contributed by atoms with Crippen molar-refractivity contribution in [3.63, 3.8) is 0 Å². The fourth-order valence-corrected chi connectivity index (χ4v) is 6.61. The molecule has 0 aromatic heterocycles. The standard InChI is InChI=1S/C50H61N3/c1-5-9-38-51(39-10-6-2)46-30-22-42(23-31-46)18-20-44-26-34-49(35-27-44)53(48-16-14-13-15-17-48)50-36-28-45(29-37-50)21-19-43-24-32-47(33-25-43)52(40-11-7-3)41-12-8-4/h13-37H,5-12,38-41H2,1-4H3/b20-18+,21-19+. The second-order valence-electron chi connectivity index (χ2n) is 14.1. The van der Waals surface area contributed by atoms with Crippen molar-refractivity contribution in [1.82, 2.24) is 0 Å². The van der Waals surface area contributed by atoms with Gasteiger partial charge in [0.15, 0.2) is 0 Å². The van der Waals surface area contributed by atoms with E-state index in [-0.39, 0.29) is 0 Å². The third-order valence-corrected chi connectivity index (χ3v) is 9.90. The van der Waals surface area contributed by atoms with E-state index >= 15 is 0 Å². The lowest BCUT2D eigenvalue weighted by atomic mass is 10.1. The van der Waals surface area contributed by atoms with Gasteiger partial charge < -0.3 is 14.7 Å². The van der Waals surface area contributed by atoms with Gasteiger partial charge in [0.25, 0.3) is 0 Å². The summed E-state index contributed by atoms with van der Waals surface area (Å²) in [4.78, 5) is 7.40. The molecule has 3 nitrogen and oxygen atoms in total. The van der Waals surface area contributed by atoms with Gasteiger partial charge in [-0.3, -0.25) is 0 Å². The number of anilines is 5. The van der Waals surface area contributed by atoms with Crippen molar-refractivity contribution in [3.8, 4) is 0 Å². The summed E-state index contributed by atoms with van der Waals surface area (Å²) < 4.78 is 0. The van der Waals surface area contributed by atoms with Crippen LogP contribution in [0.15, 0.2) is 127 Å². The maximum Gasteiger partial charge on any atom is 0.0462 e. The molecule has 53 heavy (non-hydrogen) atoms. The van der Waals surface area contributed by atoms with E-state index in [1.807, 2.05) is 0 Å². The molecule has 0 bridgehead atoms. The zero-order chi connectivity index (χ0) is 37.1. The van der Waals surface area contributed by atoms with Crippen LogP contribution in [-0.2, 0) is 0 Å². The Bertz CT molecular complexity index is 1650. The molecule has 0 aliphatic heterocycles. The number of unbranched alkanes of at least 4 members (excludes halogenated alkanes) is 4. The van der Waals surface area contributed by atoms with E-state index in [1.54, 1.807) is 0 Å². The maximum atomic E-state index is 2.54. The lowest BCUT2D eigenvalue weighted by molar-refractivity contribution is 0.678. The van der Waals surface area contributed by atoms with Crippen molar-refractivity contribution in [1.29, 1.82) is 0 Å². The molecule has 5 aromatic rings. The first-order valence-electron chi connectivity index (χ1n) is 20.2. The molecule has 0 amide bonds. The van der Waals surface area contributed by atoms with Crippen molar-refractivity contribution in [2.75, 3.05) is 40.9 Å². The molecule has 3 heteroatoms. The van der Waals surface area contributed by atoms with Crippen LogP contribution in [0.3, 0.4) is 0 Å². The van der Waals surface area contributed by atoms with E-state index in [2.05, 4.69) is 194 Å². The molecule has 5 rings (SSSR count). The molecular weight excluding hydrogens is 643 g/mol. The Labute approximate surface area is 321 Å². The number of nitrogens with zero attached hydrogens (tertiary/aromatic N) is 3. The number of hydrogen-bond donors (Lipinski definition) is 0. The third-order valence-electron chi connectivity index (χ3n) is 9.90. The highest BCUT2D eigenvalue weighted by Gasteiger charge is 2.12. The van der Waals surface area contributed by atoms with Crippen LogP contribution in [0.5, 0.6) is 0 Å². The van der Waals surface area contributed by atoms with Gasteiger partial charge in [0.2, 0.25) is 0 Å². The Hall–Kier alpha value is -5.02. The van der Waals surface area contributed by atoms with Gasteiger partial charge in [-0.1, -0.05) is 144 Å². The van der Waals surface area contributed by atoms with Gasteiger partial charge in [-0.15, -0.1) is 0 Å². The van der Waals surface area contributed by atoms with Crippen LogP contribution >= 0.6 is 0 Å². The van der Waals surface area contributed by atoms with Crippen molar-refractivity contribution >= 4 is 52.7 Å². The van der Waals surface area contributed by atoms with Gasteiger partial charge in [0.05, 0.1) is 0 Å². The van der Waals surface area contributed by atoms with E-state index < -0.39 is 0 Å². The van der Waals surface area contributed by atoms with E-state index in [4.69, 9.17) is 0 Å². The van der Waals surface area contributed by atoms with Crippen molar-refractivity contribution in [3.05, 3.63) is 150 Å². The fraction of sp³-hybridized carbons (Fsp3) is 0.320. The molecule has 0 radical (unpaired) electrons. The predicted octanol–water partition coefficient (Wildman–Crippen LogP) is 14.3. The first kappa shape index (κ1) is 39.2. The molecule has 276 valence electrons. The highest BCUT2D eigenvalue weighted by molar-refractivity contribution is 5.79. The maximum absolute atomic E-state index is 2.54. The van der Waals surface area contributed by atoms with Crippen LogP contribution < -0.4 is 14.7 Å². The SMILES string of the molecule is CCCCN(CCCC)c1ccc(/C=C/c2ccc(N(c3ccccc3)c3ccc(/C=C/c4ccc(N(CCCC)CCCC)cc4)cc3)cc2)cc1. The quantitative estimate of drug-likeness (QED) is 0.0705. The number of para-hydroxylation sites is 1. The smallest absolute Gasteiger partial charge is 0.0462 e. The van der Waals surface area contributed by atoms with Gasteiger partial charge in [-0.2, -0.15) is 0 Å². The lowest BCUT2D eigenvalue weighted by Gasteiger charge is -2.25. The molecule has 0 N–H and O–H groups in total. The first-order valence-corrected chi connectivity index (χ1v) is 20.2. The highest BCUT2D eigenvalue weighted by atomic mass is 15.1. The molecular formula is C50H61N3. The minimum Gasteiger partial charge on any atom is -0.372 e. The minimum absolute atomic E-state index is 1.13. The fourth-order valence-electron chi connectivity index (χ4n) is 6.61. The van der Waals surface area contributed by atoms with E-state index in [9.17, 15) is 0 Å². The topological polar surface area (TPSA) is 9.72 Å². The zero-order valence-electron chi connectivity index (χ0n) is 32.8. The average Bonchev–Trinajstić information content (AvgIpc) is 3.21. The molecule has 0 atom stereocenters. The summed E-state index contributed by atoms with van der Waals surface area (Å²) in [6.07, 6.45) is 18.7. The lowest BCUT2D eigenvalue weighted by Crippen LogP contribution is -2.25. The second kappa shape index (κ2) is 21.5. The minimum atomic E-state index is 1.13. The van der Waals surface area contributed by atoms with E-state index in [0.717, 1.165) is 43.2 Å². The Morgan fingerprint density at radius 1 is 0.321 bits per heavy atom. The molecule has 0 aliphatic carbocycles. The Morgan fingerprint density at radius 2 is 0.585 bits per heavy atom. The van der Waals surface area contributed by atoms with Gasteiger partial charge in [-0.05, 0) is 109 Å². The normalized spacial score (nSPS) is 11.4. The molecule has 5 aromatic carbocycles. The summed E-state index contributed by atoms with van der Waals surface area (Å²) in [5.74, 6) is 0. The molecule has 0 spiro atoms. The Morgan fingerprint density at radius 3 is 0.868 bits per heavy atom. The Balaban J connectivity index is 1.26. The number of hydrogen-bond acceptors (Lipinski definition) is 3. The summed E-state index contributed by atoms with van der Waals surface area (Å²) in [5, 5.41) is 0. The van der Waals surface area contributed by atoms with Crippen molar-refractivity contribution in [2.45, 2.75) is 79.1 Å². The summed E-state index contributed by atoms with van der Waals surface area (Å²) >= 11 is 0. The van der Waals surface area contributed by atoms with Gasteiger partial charge in [0.1, 0.15) is 0 Å².